The monoisotopic (exact) mass is 462 g/mol. The lowest BCUT2D eigenvalue weighted by molar-refractivity contribution is -0.138. The van der Waals surface area contributed by atoms with Gasteiger partial charge >= 0.3 is 5.97 Å². The minimum Gasteiger partial charge on any atom is -0.480 e. The fourth-order valence-electron chi connectivity index (χ4n) is 2.04. The van der Waals surface area contributed by atoms with Crippen LogP contribution < -0.4 is 32.3 Å². The molecule has 0 unspecified atom stereocenters. The smallest absolute Gasteiger partial charge is 0.322 e. The van der Waals surface area contributed by atoms with Gasteiger partial charge in [0.15, 0.2) is 0 Å². The van der Waals surface area contributed by atoms with Crippen LogP contribution in [0.15, 0.2) is 0 Å². The van der Waals surface area contributed by atoms with Crippen LogP contribution in [0.4, 0.5) is 0 Å². The number of hydrogen-bond donors (Lipinski definition) is 9. The van der Waals surface area contributed by atoms with Crippen LogP contribution in [0, 0.1) is 0 Å². The van der Waals surface area contributed by atoms with Crippen molar-refractivity contribution in [3.05, 3.63) is 0 Å². The minimum absolute atomic E-state index is 0.501. The topological polar surface area (TPSA) is 249 Å². The van der Waals surface area contributed by atoms with Crippen molar-refractivity contribution in [1.29, 1.82) is 0 Å². The highest BCUT2D eigenvalue weighted by atomic mass is 16.4. The third-order valence-electron chi connectivity index (χ3n) is 3.94. The second kappa shape index (κ2) is 13.9. The predicted octanol–water partition coefficient (Wildman–Crippen LogP) is -5.50. The number of carboxylic acid groups (broad SMARTS) is 1. The van der Waals surface area contributed by atoms with Crippen molar-refractivity contribution in [3.8, 4) is 0 Å². The van der Waals surface area contributed by atoms with E-state index in [-0.39, 0.29) is 0 Å². The molecule has 182 valence electrons. The van der Waals surface area contributed by atoms with Crippen LogP contribution in [0.3, 0.4) is 0 Å². The highest BCUT2D eigenvalue weighted by Gasteiger charge is 2.30. The lowest BCUT2D eigenvalue weighted by Gasteiger charge is -2.25. The first-order valence-corrected chi connectivity index (χ1v) is 9.51. The molecule has 32 heavy (non-hydrogen) atoms. The van der Waals surface area contributed by atoms with Crippen LogP contribution in [0.5, 0.6) is 0 Å². The van der Waals surface area contributed by atoms with Crippen molar-refractivity contribution < 1.29 is 44.1 Å². The number of carboxylic acids is 1. The Morgan fingerprint density at radius 1 is 0.719 bits per heavy atom. The quantitative estimate of drug-likeness (QED) is 0.125. The summed E-state index contributed by atoms with van der Waals surface area (Å²) in [7, 11) is 0. The molecule has 0 saturated heterocycles. The molecule has 15 heteroatoms. The van der Waals surface area contributed by atoms with Gasteiger partial charge in [-0.3, -0.25) is 28.8 Å². The van der Waals surface area contributed by atoms with Crippen molar-refractivity contribution in [2.75, 3.05) is 19.6 Å². The molecule has 0 bridgehead atoms. The number of carbonyl (C=O) groups is 6. The number of nitrogens with one attached hydrogen (secondary N) is 5. The second-order valence-electron chi connectivity index (χ2n) is 6.89. The molecule has 0 fully saturated rings. The molecule has 0 radical (unpaired) electrons. The van der Waals surface area contributed by atoms with E-state index in [1.54, 1.807) is 0 Å². The van der Waals surface area contributed by atoms with Crippen LogP contribution in [-0.2, 0) is 28.8 Å². The van der Waals surface area contributed by atoms with Crippen LogP contribution >= 0.6 is 0 Å². The minimum atomic E-state index is -1.46. The van der Waals surface area contributed by atoms with Crippen molar-refractivity contribution in [1.82, 2.24) is 26.6 Å². The van der Waals surface area contributed by atoms with Gasteiger partial charge in [0.05, 0.1) is 25.3 Å². The Labute approximate surface area is 183 Å². The van der Waals surface area contributed by atoms with Gasteiger partial charge in [-0.05, 0) is 20.8 Å². The standard InChI is InChI=1S/C17H30N6O9/c1-7(15(30)21-5-11(27)19-4-10(26)20-6-12(28)29)22-17(32)14(9(3)25)23-16(31)13(18)8(2)24/h7-9,13-14,24-25H,4-6,18H2,1-3H3,(H,19,27)(H,20,26)(H,21,30)(H,22,32)(H,23,31)(H,28,29)/t7-,8+,9+,13-,14-/m0/s1. The van der Waals surface area contributed by atoms with Crippen molar-refractivity contribution in [2.45, 2.75) is 51.1 Å². The van der Waals surface area contributed by atoms with E-state index in [4.69, 9.17) is 10.8 Å². The average molecular weight is 462 g/mol. The maximum absolute atomic E-state index is 12.3. The number of amides is 5. The molecule has 5 amide bonds. The molecular formula is C17H30N6O9. The highest BCUT2D eigenvalue weighted by Crippen LogP contribution is 1.98. The van der Waals surface area contributed by atoms with Crippen molar-refractivity contribution in [3.63, 3.8) is 0 Å². The Bertz CT molecular complexity index is 713. The Hall–Kier alpha value is -3.30. The lowest BCUT2D eigenvalue weighted by Crippen LogP contribution is -2.59. The number of rotatable bonds is 13. The first-order chi connectivity index (χ1) is 14.8. The zero-order valence-electron chi connectivity index (χ0n) is 17.9. The van der Waals surface area contributed by atoms with Crippen LogP contribution in [-0.4, -0.2) is 101 Å². The Kier molecular flexibility index (Phi) is 12.5. The van der Waals surface area contributed by atoms with Gasteiger partial charge in [-0.1, -0.05) is 0 Å². The zero-order chi connectivity index (χ0) is 25.0. The van der Waals surface area contributed by atoms with Crippen molar-refractivity contribution >= 4 is 35.5 Å². The van der Waals surface area contributed by atoms with E-state index in [1.807, 2.05) is 5.32 Å². The summed E-state index contributed by atoms with van der Waals surface area (Å²) in [6, 6.07) is -3.97. The van der Waals surface area contributed by atoms with Gasteiger partial charge in [0.1, 0.15) is 24.7 Å². The molecular weight excluding hydrogens is 432 g/mol. The lowest BCUT2D eigenvalue weighted by atomic mass is 10.1. The summed E-state index contributed by atoms with van der Waals surface area (Å²) in [5.41, 5.74) is 5.47. The Balaban J connectivity index is 4.58. The molecule has 0 aromatic heterocycles. The van der Waals surface area contributed by atoms with Gasteiger partial charge in [0.2, 0.25) is 29.5 Å². The first-order valence-electron chi connectivity index (χ1n) is 9.51. The maximum Gasteiger partial charge on any atom is 0.322 e. The highest BCUT2D eigenvalue weighted by molar-refractivity contribution is 5.94. The summed E-state index contributed by atoms with van der Waals surface area (Å²) >= 11 is 0. The Morgan fingerprint density at radius 3 is 1.69 bits per heavy atom. The molecule has 0 aromatic rings. The number of nitrogens with two attached hydrogens (primary N) is 1. The summed E-state index contributed by atoms with van der Waals surface area (Å²) < 4.78 is 0. The molecule has 5 atom stereocenters. The zero-order valence-corrected chi connectivity index (χ0v) is 17.9. The third-order valence-corrected chi connectivity index (χ3v) is 3.94. The fourth-order valence-corrected chi connectivity index (χ4v) is 2.04. The molecule has 0 heterocycles. The van der Waals surface area contributed by atoms with Crippen LogP contribution in [0.1, 0.15) is 20.8 Å². The molecule has 10 N–H and O–H groups in total. The van der Waals surface area contributed by atoms with E-state index >= 15 is 0 Å². The SMILES string of the molecule is C[C@H](NC(=O)[C@@H](NC(=O)[C@@H](N)[C@@H](C)O)[C@@H](C)O)C(=O)NCC(=O)NCC(=O)NCC(=O)O. The van der Waals surface area contributed by atoms with E-state index in [1.165, 1.54) is 20.8 Å². The molecule has 0 saturated carbocycles. The summed E-state index contributed by atoms with van der Waals surface area (Å²) in [5.74, 6) is -5.32. The average Bonchev–Trinajstić information content (AvgIpc) is 2.71. The van der Waals surface area contributed by atoms with E-state index in [0.717, 1.165) is 0 Å². The number of aliphatic hydroxyl groups excluding tert-OH is 2. The number of aliphatic hydroxyl groups is 2. The van der Waals surface area contributed by atoms with Gasteiger partial charge in [-0.25, -0.2) is 0 Å². The normalized spacial score (nSPS) is 15.2. The van der Waals surface area contributed by atoms with Gasteiger partial charge in [-0.15, -0.1) is 0 Å². The number of aliphatic carboxylic acids is 1. The largest absolute Gasteiger partial charge is 0.480 e. The number of carbonyl (C=O) groups excluding carboxylic acids is 5. The van der Waals surface area contributed by atoms with Crippen molar-refractivity contribution in [2.24, 2.45) is 5.73 Å². The maximum atomic E-state index is 12.3. The molecule has 0 aliphatic heterocycles. The van der Waals surface area contributed by atoms with Crippen LogP contribution in [0.2, 0.25) is 0 Å². The first kappa shape index (κ1) is 28.7. The summed E-state index contributed by atoms with van der Waals surface area (Å²) in [6.45, 7) is 2.13. The van der Waals surface area contributed by atoms with Crippen LogP contribution in [0.25, 0.3) is 0 Å². The summed E-state index contributed by atoms with van der Waals surface area (Å²) in [5, 5.41) is 38.3. The summed E-state index contributed by atoms with van der Waals surface area (Å²) in [4.78, 5) is 69.6. The van der Waals surface area contributed by atoms with Gasteiger partial charge in [0, 0.05) is 0 Å². The molecule has 15 nitrogen and oxygen atoms in total. The van der Waals surface area contributed by atoms with E-state index in [0.29, 0.717) is 0 Å². The molecule has 0 spiro atoms. The fraction of sp³-hybridized carbons (Fsp3) is 0.647. The molecule has 0 aliphatic rings. The molecule has 0 aliphatic carbocycles. The van der Waals surface area contributed by atoms with Gasteiger partial charge < -0.3 is 47.6 Å². The van der Waals surface area contributed by atoms with E-state index in [2.05, 4.69) is 21.3 Å². The second-order valence-corrected chi connectivity index (χ2v) is 6.89. The van der Waals surface area contributed by atoms with E-state index in [9.17, 15) is 39.0 Å². The molecule has 0 rings (SSSR count). The van der Waals surface area contributed by atoms with Gasteiger partial charge in [0.25, 0.3) is 0 Å². The summed E-state index contributed by atoms with van der Waals surface area (Å²) in [6.07, 6.45) is -2.56. The third kappa shape index (κ3) is 11.2. The predicted molar refractivity (Wildman–Crippen MR) is 108 cm³/mol. The Morgan fingerprint density at radius 2 is 1.22 bits per heavy atom. The number of hydrogen-bond acceptors (Lipinski definition) is 9. The molecule has 0 aromatic carbocycles. The van der Waals surface area contributed by atoms with E-state index < -0.39 is 85.5 Å². The van der Waals surface area contributed by atoms with Gasteiger partial charge in [-0.2, -0.15) is 0 Å².